The molecule has 1 unspecified atom stereocenters. The van der Waals surface area contributed by atoms with Crippen LogP contribution in [0, 0.1) is 17.1 Å². The lowest BCUT2D eigenvalue weighted by Crippen LogP contribution is -2.29. The SMILES string of the molecule is N#Cc1ccc(C(=O)NC(c2ccccc2)c2ccc(F)cc2)cc1. The molecule has 0 saturated carbocycles. The lowest BCUT2D eigenvalue weighted by Gasteiger charge is -2.20. The van der Waals surface area contributed by atoms with E-state index in [0.717, 1.165) is 11.1 Å². The summed E-state index contributed by atoms with van der Waals surface area (Å²) in [7, 11) is 0. The highest BCUT2D eigenvalue weighted by Crippen LogP contribution is 2.23. The molecule has 3 aromatic rings. The van der Waals surface area contributed by atoms with Crippen molar-refractivity contribution in [2.75, 3.05) is 0 Å². The van der Waals surface area contributed by atoms with Gasteiger partial charge in [-0.05, 0) is 47.5 Å². The third kappa shape index (κ3) is 3.91. The summed E-state index contributed by atoms with van der Waals surface area (Å²) in [5.74, 6) is -0.586. The lowest BCUT2D eigenvalue weighted by molar-refractivity contribution is 0.0943. The summed E-state index contributed by atoms with van der Waals surface area (Å²) in [4.78, 5) is 12.6. The highest BCUT2D eigenvalue weighted by Gasteiger charge is 2.17. The zero-order chi connectivity index (χ0) is 17.6. The van der Waals surface area contributed by atoms with Crippen LogP contribution >= 0.6 is 0 Å². The zero-order valence-corrected chi connectivity index (χ0v) is 13.3. The van der Waals surface area contributed by atoms with Gasteiger partial charge in [0.2, 0.25) is 0 Å². The molecule has 1 amide bonds. The van der Waals surface area contributed by atoms with Crippen molar-refractivity contribution in [2.45, 2.75) is 6.04 Å². The van der Waals surface area contributed by atoms with Crippen molar-refractivity contribution < 1.29 is 9.18 Å². The normalized spacial score (nSPS) is 11.4. The average Bonchev–Trinajstić information content (AvgIpc) is 2.67. The predicted molar refractivity (Wildman–Crippen MR) is 93.3 cm³/mol. The number of hydrogen-bond acceptors (Lipinski definition) is 2. The van der Waals surface area contributed by atoms with Gasteiger partial charge in [0.05, 0.1) is 17.7 Å². The Morgan fingerprint density at radius 1 is 0.880 bits per heavy atom. The van der Waals surface area contributed by atoms with Gasteiger partial charge in [-0.15, -0.1) is 0 Å². The number of carbonyl (C=O) groups is 1. The monoisotopic (exact) mass is 330 g/mol. The summed E-state index contributed by atoms with van der Waals surface area (Å²) in [6, 6.07) is 23.6. The summed E-state index contributed by atoms with van der Waals surface area (Å²) in [6.07, 6.45) is 0. The van der Waals surface area contributed by atoms with Gasteiger partial charge in [0.1, 0.15) is 5.82 Å². The fourth-order valence-electron chi connectivity index (χ4n) is 2.57. The van der Waals surface area contributed by atoms with Crippen LogP contribution in [0.4, 0.5) is 4.39 Å². The zero-order valence-electron chi connectivity index (χ0n) is 13.3. The van der Waals surface area contributed by atoms with E-state index in [2.05, 4.69) is 5.32 Å². The first kappa shape index (κ1) is 16.4. The molecule has 122 valence electrons. The molecule has 0 aromatic heterocycles. The van der Waals surface area contributed by atoms with Crippen LogP contribution < -0.4 is 5.32 Å². The number of hydrogen-bond donors (Lipinski definition) is 1. The molecule has 0 fully saturated rings. The van der Waals surface area contributed by atoms with Gasteiger partial charge in [0.25, 0.3) is 5.91 Å². The van der Waals surface area contributed by atoms with Gasteiger partial charge in [-0.2, -0.15) is 5.26 Å². The van der Waals surface area contributed by atoms with Crippen molar-refractivity contribution in [1.29, 1.82) is 5.26 Å². The molecule has 3 rings (SSSR count). The summed E-state index contributed by atoms with van der Waals surface area (Å²) in [6.45, 7) is 0. The molecule has 0 radical (unpaired) electrons. The minimum Gasteiger partial charge on any atom is -0.341 e. The molecule has 0 saturated heterocycles. The van der Waals surface area contributed by atoms with Crippen LogP contribution in [-0.4, -0.2) is 5.91 Å². The van der Waals surface area contributed by atoms with E-state index in [4.69, 9.17) is 5.26 Å². The minimum atomic E-state index is -0.398. The standard InChI is InChI=1S/C21H15FN2O/c22-19-12-10-17(11-13-19)20(16-4-2-1-3-5-16)24-21(25)18-8-6-15(14-23)7-9-18/h1-13,20H,(H,24,25). The van der Waals surface area contributed by atoms with Crippen molar-refractivity contribution >= 4 is 5.91 Å². The van der Waals surface area contributed by atoms with Crippen LogP contribution in [-0.2, 0) is 0 Å². The van der Waals surface area contributed by atoms with Gasteiger partial charge in [0.15, 0.2) is 0 Å². The summed E-state index contributed by atoms with van der Waals surface area (Å²) in [5.41, 5.74) is 2.64. The first-order valence-corrected chi connectivity index (χ1v) is 7.79. The molecule has 0 aliphatic carbocycles. The second-order valence-electron chi connectivity index (χ2n) is 5.56. The number of nitrogens with zero attached hydrogens (tertiary/aromatic N) is 1. The molecule has 4 heteroatoms. The van der Waals surface area contributed by atoms with Crippen molar-refractivity contribution in [2.24, 2.45) is 0 Å². The first-order chi connectivity index (χ1) is 12.2. The maximum absolute atomic E-state index is 13.2. The van der Waals surface area contributed by atoms with E-state index < -0.39 is 6.04 Å². The molecule has 0 aliphatic heterocycles. The molecule has 0 heterocycles. The van der Waals surface area contributed by atoms with E-state index in [0.29, 0.717) is 11.1 Å². The van der Waals surface area contributed by atoms with Crippen LogP contribution in [0.25, 0.3) is 0 Å². The van der Waals surface area contributed by atoms with Crippen molar-refractivity contribution in [3.05, 3.63) is 107 Å². The molecule has 25 heavy (non-hydrogen) atoms. The van der Waals surface area contributed by atoms with E-state index in [1.165, 1.54) is 12.1 Å². The molecule has 3 nitrogen and oxygen atoms in total. The summed E-state index contributed by atoms with van der Waals surface area (Å²) in [5, 5.41) is 11.8. The van der Waals surface area contributed by atoms with Crippen LogP contribution in [0.5, 0.6) is 0 Å². The van der Waals surface area contributed by atoms with Gasteiger partial charge in [-0.25, -0.2) is 4.39 Å². The van der Waals surface area contributed by atoms with Crippen LogP contribution in [0.15, 0.2) is 78.9 Å². The maximum atomic E-state index is 13.2. The van der Waals surface area contributed by atoms with Gasteiger partial charge >= 0.3 is 0 Å². The Morgan fingerprint density at radius 3 is 2.08 bits per heavy atom. The number of halogens is 1. The van der Waals surface area contributed by atoms with Crippen LogP contribution in [0.3, 0.4) is 0 Å². The van der Waals surface area contributed by atoms with Crippen LogP contribution in [0.1, 0.15) is 33.1 Å². The Morgan fingerprint density at radius 2 is 1.48 bits per heavy atom. The molecular formula is C21H15FN2O. The third-order valence-electron chi connectivity index (χ3n) is 3.89. The molecule has 3 aromatic carbocycles. The van der Waals surface area contributed by atoms with E-state index in [1.54, 1.807) is 36.4 Å². The Kier molecular flexibility index (Phi) is 4.87. The molecule has 1 N–H and O–H groups in total. The summed E-state index contributed by atoms with van der Waals surface area (Å²) >= 11 is 0. The number of nitrogens with one attached hydrogen (secondary N) is 1. The second-order valence-corrected chi connectivity index (χ2v) is 5.56. The van der Waals surface area contributed by atoms with Crippen LogP contribution in [0.2, 0.25) is 0 Å². The van der Waals surface area contributed by atoms with Gasteiger partial charge in [0, 0.05) is 5.56 Å². The molecule has 0 spiro atoms. The Hall–Kier alpha value is -3.45. The van der Waals surface area contributed by atoms with Gasteiger partial charge < -0.3 is 5.32 Å². The topological polar surface area (TPSA) is 52.9 Å². The lowest BCUT2D eigenvalue weighted by atomic mass is 9.98. The van der Waals surface area contributed by atoms with E-state index in [1.807, 2.05) is 36.4 Å². The summed E-state index contributed by atoms with van der Waals surface area (Å²) < 4.78 is 13.2. The highest BCUT2D eigenvalue weighted by atomic mass is 19.1. The third-order valence-corrected chi connectivity index (χ3v) is 3.89. The van der Waals surface area contributed by atoms with E-state index in [-0.39, 0.29) is 11.7 Å². The number of benzene rings is 3. The van der Waals surface area contributed by atoms with Crippen molar-refractivity contribution in [3.63, 3.8) is 0 Å². The largest absolute Gasteiger partial charge is 0.341 e. The Balaban J connectivity index is 1.90. The number of rotatable bonds is 4. The van der Waals surface area contributed by atoms with E-state index in [9.17, 15) is 9.18 Å². The molecule has 0 aliphatic rings. The van der Waals surface area contributed by atoms with E-state index >= 15 is 0 Å². The molecular weight excluding hydrogens is 315 g/mol. The maximum Gasteiger partial charge on any atom is 0.252 e. The fraction of sp³-hybridized carbons (Fsp3) is 0.0476. The Labute approximate surface area is 145 Å². The number of amides is 1. The smallest absolute Gasteiger partial charge is 0.252 e. The highest BCUT2D eigenvalue weighted by molar-refractivity contribution is 5.94. The minimum absolute atomic E-state index is 0.261. The Bertz CT molecular complexity index is 897. The second kappa shape index (κ2) is 7.41. The number of carbonyl (C=O) groups excluding carboxylic acids is 1. The van der Waals surface area contributed by atoms with Gasteiger partial charge in [-0.1, -0.05) is 42.5 Å². The van der Waals surface area contributed by atoms with Crippen molar-refractivity contribution in [1.82, 2.24) is 5.32 Å². The first-order valence-electron chi connectivity index (χ1n) is 7.79. The van der Waals surface area contributed by atoms with Crippen molar-refractivity contribution in [3.8, 4) is 6.07 Å². The fourth-order valence-corrected chi connectivity index (χ4v) is 2.57. The molecule has 0 bridgehead atoms. The average molecular weight is 330 g/mol. The predicted octanol–water partition coefficient (Wildman–Crippen LogP) is 4.22. The molecule has 1 atom stereocenters. The number of nitriles is 1. The van der Waals surface area contributed by atoms with Gasteiger partial charge in [-0.3, -0.25) is 4.79 Å². The quantitative estimate of drug-likeness (QED) is 0.779.